The quantitative estimate of drug-likeness (QED) is 0.843. The van der Waals surface area contributed by atoms with Gasteiger partial charge in [0.15, 0.2) is 0 Å². The lowest BCUT2D eigenvalue weighted by Crippen LogP contribution is -2.19. The normalized spacial score (nSPS) is 16.8. The second kappa shape index (κ2) is 8.28. The molecule has 1 fully saturated rings. The van der Waals surface area contributed by atoms with E-state index in [1.807, 2.05) is 11.8 Å². The molecule has 112 valence electrons. The first-order valence-electron chi connectivity index (χ1n) is 7.38. The van der Waals surface area contributed by atoms with Crippen LogP contribution in [0.5, 0.6) is 0 Å². The predicted molar refractivity (Wildman–Crippen MR) is 87.7 cm³/mol. The molecule has 1 aliphatic rings. The molecule has 0 atom stereocenters. The van der Waals surface area contributed by atoms with Crippen molar-refractivity contribution >= 4 is 23.4 Å². The summed E-state index contributed by atoms with van der Waals surface area (Å²) in [6, 6.07) is 6.45. The largest absolute Gasteiger partial charge is 0.381 e. The standard InChI is InChI=1S/C16H24ClNOS/c1-12(2)10-18-11-13-3-4-15(9-16(13)17)20-14-5-7-19-8-6-14/h3-4,9,12,14,18H,5-8,10-11H2,1-2H3. The Morgan fingerprint density at radius 3 is 2.75 bits per heavy atom. The number of hydrogen-bond acceptors (Lipinski definition) is 3. The van der Waals surface area contributed by atoms with Crippen molar-refractivity contribution in [1.29, 1.82) is 0 Å². The third kappa shape index (κ3) is 5.28. The van der Waals surface area contributed by atoms with Crippen molar-refractivity contribution in [3.63, 3.8) is 0 Å². The van der Waals surface area contributed by atoms with Crippen LogP contribution in [0.25, 0.3) is 0 Å². The molecule has 0 bridgehead atoms. The zero-order chi connectivity index (χ0) is 14.4. The lowest BCUT2D eigenvalue weighted by Gasteiger charge is -2.21. The first-order valence-corrected chi connectivity index (χ1v) is 8.64. The van der Waals surface area contributed by atoms with Gasteiger partial charge in [-0.25, -0.2) is 0 Å². The Kier molecular flexibility index (Phi) is 6.69. The summed E-state index contributed by atoms with van der Waals surface area (Å²) < 4.78 is 5.40. The van der Waals surface area contributed by atoms with Gasteiger partial charge < -0.3 is 10.1 Å². The van der Waals surface area contributed by atoms with E-state index in [2.05, 4.69) is 37.4 Å². The SMILES string of the molecule is CC(C)CNCc1ccc(SC2CCOCC2)cc1Cl. The molecule has 0 amide bonds. The molecular formula is C16H24ClNOS. The van der Waals surface area contributed by atoms with Crippen LogP contribution >= 0.6 is 23.4 Å². The van der Waals surface area contributed by atoms with Gasteiger partial charge in [-0.3, -0.25) is 0 Å². The molecule has 1 aromatic carbocycles. The highest BCUT2D eigenvalue weighted by Gasteiger charge is 2.15. The van der Waals surface area contributed by atoms with Gasteiger partial charge in [-0.05, 0) is 43.0 Å². The summed E-state index contributed by atoms with van der Waals surface area (Å²) >= 11 is 8.32. The summed E-state index contributed by atoms with van der Waals surface area (Å²) in [6.07, 6.45) is 2.28. The van der Waals surface area contributed by atoms with E-state index in [0.29, 0.717) is 11.2 Å². The Morgan fingerprint density at radius 2 is 2.10 bits per heavy atom. The molecule has 0 aliphatic carbocycles. The van der Waals surface area contributed by atoms with Crippen LogP contribution < -0.4 is 5.32 Å². The van der Waals surface area contributed by atoms with E-state index in [0.717, 1.165) is 44.2 Å². The maximum Gasteiger partial charge on any atom is 0.0476 e. The van der Waals surface area contributed by atoms with Gasteiger partial charge in [0.1, 0.15) is 0 Å². The topological polar surface area (TPSA) is 21.3 Å². The number of halogens is 1. The summed E-state index contributed by atoms with van der Waals surface area (Å²) in [6.45, 7) is 8.07. The van der Waals surface area contributed by atoms with Gasteiger partial charge in [-0.2, -0.15) is 0 Å². The van der Waals surface area contributed by atoms with E-state index >= 15 is 0 Å². The zero-order valence-corrected chi connectivity index (χ0v) is 13.9. The van der Waals surface area contributed by atoms with E-state index < -0.39 is 0 Å². The molecular weight excluding hydrogens is 290 g/mol. The molecule has 2 rings (SSSR count). The summed E-state index contributed by atoms with van der Waals surface area (Å²) in [5.74, 6) is 0.664. The van der Waals surface area contributed by atoms with Crippen molar-refractivity contribution in [2.24, 2.45) is 5.92 Å². The molecule has 4 heteroatoms. The molecule has 0 radical (unpaired) electrons. The van der Waals surface area contributed by atoms with Crippen molar-refractivity contribution in [3.8, 4) is 0 Å². The number of ether oxygens (including phenoxy) is 1. The fourth-order valence-corrected chi connectivity index (χ4v) is 3.68. The van der Waals surface area contributed by atoms with Crippen molar-refractivity contribution in [2.45, 2.75) is 43.4 Å². The highest BCUT2D eigenvalue weighted by molar-refractivity contribution is 8.00. The minimum Gasteiger partial charge on any atom is -0.381 e. The zero-order valence-electron chi connectivity index (χ0n) is 12.3. The van der Waals surface area contributed by atoms with E-state index in [9.17, 15) is 0 Å². The van der Waals surface area contributed by atoms with E-state index in [-0.39, 0.29) is 0 Å². The molecule has 2 nitrogen and oxygen atoms in total. The predicted octanol–water partition coefficient (Wildman–Crippen LogP) is 4.36. The summed E-state index contributed by atoms with van der Waals surface area (Å²) in [4.78, 5) is 1.27. The molecule has 1 saturated heterocycles. The van der Waals surface area contributed by atoms with Crippen molar-refractivity contribution in [1.82, 2.24) is 5.32 Å². The number of nitrogens with one attached hydrogen (secondary N) is 1. The number of thioether (sulfide) groups is 1. The third-order valence-electron chi connectivity index (χ3n) is 3.36. The Balaban J connectivity index is 1.87. The maximum atomic E-state index is 6.38. The average Bonchev–Trinajstić information content (AvgIpc) is 2.42. The molecule has 0 saturated carbocycles. The highest BCUT2D eigenvalue weighted by Crippen LogP contribution is 2.32. The number of rotatable bonds is 6. The Labute approximate surface area is 131 Å². The number of hydrogen-bond donors (Lipinski definition) is 1. The van der Waals surface area contributed by atoms with Crippen LogP contribution in [-0.4, -0.2) is 25.0 Å². The van der Waals surface area contributed by atoms with Gasteiger partial charge in [-0.1, -0.05) is 31.5 Å². The lowest BCUT2D eigenvalue weighted by atomic mass is 10.2. The molecule has 0 spiro atoms. The van der Waals surface area contributed by atoms with E-state index in [1.54, 1.807) is 0 Å². The van der Waals surface area contributed by atoms with Gasteiger partial charge in [0.2, 0.25) is 0 Å². The molecule has 1 N–H and O–H groups in total. The van der Waals surface area contributed by atoms with Gasteiger partial charge in [0.05, 0.1) is 0 Å². The Hall–Kier alpha value is -0.220. The third-order valence-corrected chi connectivity index (χ3v) is 5.05. The first-order chi connectivity index (χ1) is 9.65. The molecule has 20 heavy (non-hydrogen) atoms. The Morgan fingerprint density at radius 1 is 1.35 bits per heavy atom. The van der Waals surface area contributed by atoms with Crippen molar-refractivity contribution < 1.29 is 4.74 Å². The minimum atomic E-state index is 0.664. The van der Waals surface area contributed by atoms with Crippen LogP contribution in [0.2, 0.25) is 5.02 Å². The van der Waals surface area contributed by atoms with Crippen LogP contribution in [0.1, 0.15) is 32.3 Å². The maximum absolute atomic E-state index is 6.38. The molecule has 1 heterocycles. The highest BCUT2D eigenvalue weighted by atomic mass is 35.5. The molecule has 1 aliphatic heterocycles. The molecule has 0 unspecified atom stereocenters. The van der Waals surface area contributed by atoms with Gasteiger partial charge in [-0.15, -0.1) is 11.8 Å². The van der Waals surface area contributed by atoms with Crippen LogP contribution in [0.15, 0.2) is 23.1 Å². The smallest absolute Gasteiger partial charge is 0.0476 e. The van der Waals surface area contributed by atoms with Gasteiger partial charge in [0, 0.05) is 34.9 Å². The summed E-state index contributed by atoms with van der Waals surface area (Å²) in [5.41, 5.74) is 1.18. The average molecular weight is 314 g/mol. The van der Waals surface area contributed by atoms with Crippen LogP contribution in [0.4, 0.5) is 0 Å². The lowest BCUT2D eigenvalue weighted by molar-refractivity contribution is 0.100. The van der Waals surface area contributed by atoms with E-state index in [4.69, 9.17) is 16.3 Å². The summed E-state index contributed by atoms with van der Waals surface area (Å²) in [7, 11) is 0. The Bertz CT molecular complexity index is 419. The van der Waals surface area contributed by atoms with Crippen LogP contribution in [0.3, 0.4) is 0 Å². The van der Waals surface area contributed by atoms with Gasteiger partial charge in [0.25, 0.3) is 0 Å². The monoisotopic (exact) mass is 313 g/mol. The molecule has 1 aromatic rings. The van der Waals surface area contributed by atoms with Crippen molar-refractivity contribution in [2.75, 3.05) is 19.8 Å². The minimum absolute atomic E-state index is 0.664. The second-order valence-corrected chi connectivity index (χ2v) is 7.49. The van der Waals surface area contributed by atoms with E-state index in [1.165, 1.54) is 10.5 Å². The second-order valence-electron chi connectivity index (χ2n) is 5.71. The van der Waals surface area contributed by atoms with Crippen LogP contribution in [-0.2, 0) is 11.3 Å². The first kappa shape index (κ1) is 16.2. The number of benzene rings is 1. The van der Waals surface area contributed by atoms with Gasteiger partial charge >= 0.3 is 0 Å². The summed E-state index contributed by atoms with van der Waals surface area (Å²) in [5, 5.41) is 4.98. The van der Waals surface area contributed by atoms with Crippen molar-refractivity contribution in [3.05, 3.63) is 28.8 Å². The van der Waals surface area contributed by atoms with Crippen LogP contribution in [0, 0.1) is 5.92 Å². The fourth-order valence-electron chi connectivity index (χ4n) is 2.23. The fraction of sp³-hybridized carbons (Fsp3) is 0.625. The molecule has 0 aromatic heterocycles.